The van der Waals surface area contributed by atoms with Crippen LogP contribution < -0.4 is 5.32 Å². The fourth-order valence-corrected chi connectivity index (χ4v) is 3.74. The van der Waals surface area contributed by atoms with Crippen LogP contribution in [0.1, 0.15) is 43.7 Å². The normalized spacial score (nSPS) is 16.8. The van der Waals surface area contributed by atoms with Crippen molar-refractivity contribution < 1.29 is 9.53 Å². The molecule has 1 aliphatic rings. The van der Waals surface area contributed by atoms with E-state index in [4.69, 9.17) is 4.74 Å². The molecule has 1 aliphatic heterocycles. The van der Waals surface area contributed by atoms with Gasteiger partial charge in [-0.2, -0.15) is 5.26 Å². The molecule has 0 radical (unpaired) electrons. The highest BCUT2D eigenvalue weighted by atomic mass is 32.2. The first-order valence-corrected chi connectivity index (χ1v) is 9.91. The SMILES string of the molecule is CC(C)c1ccc2nc(SCC(=O)NC[C@H]3CCCO3)c(C#N)cc2c1. The topological polar surface area (TPSA) is 75.0 Å². The zero-order valence-corrected chi connectivity index (χ0v) is 15.9. The van der Waals surface area contributed by atoms with E-state index >= 15 is 0 Å². The highest BCUT2D eigenvalue weighted by Crippen LogP contribution is 2.27. The average Bonchev–Trinajstić information content (AvgIpc) is 3.16. The molecule has 0 saturated carbocycles. The molecular weight excluding hydrogens is 346 g/mol. The van der Waals surface area contributed by atoms with Crippen LogP contribution in [0, 0.1) is 11.3 Å². The van der Waals surface area contributed by atoms with Crippen LogP contribution in [0.25, 0.3) is 10.9 Å². The molecule has 1 N–H and O–H groups in total. The lowest BCUT2D eigenvalue weighted by atomic mass is 10.0. The summed E-state index contributed by atoms with van der Waals surface area (Å²) in [5, 5.41) is 13.9. The van der Waals surface area contributed by atoms with Crippen LogP contribution in [-0.4, -0.2) is 35.9 Å². The van der Waals surface area contributed by atoms with E-state index in [-0.39, 0.29) is 17.8 Å². The van der Waals surface area contributed by atoms with Crippen molar-refractivity contribution in [2.45, 2.75) is 43.7 Å². The van der Waals surface area contributed by atoms with E-state index in [1.807, 2.05) is 12.1 Å². The molecule has 1 fully saturated rings. The molecule has 136 valence electrons. The fourth-order valence-electron chi connectivity index (χ4n) is 2.94. The number of hydrogen-bond acceptors (Lipinski definition) is 5. The van der Waals surface area contributed by atoms with Gasteiger partial charge in [0.25, 0.3) is 0 Å². The molecule has 0 bridgehead atoms. The number of rotatable bonds is 6. The zero-order chi connectivity index (χ0) is 18.5. The van der Waals surface area contributed by atoms with E-state index in [9.17, 15) is 10.1 Å². The third kappa shape index (κ3) is 4.54. The number of amides is 1. The number of benzene rings is 1. The van der Waals surface area contributed by atoms with Gasteiger partial charge in [0.2, 0.25) is 5.91 Å². The van der Waals surface area contributed by atoms with Crippen molar-refractivity contribution in [1.29, 1.82) is 5.26 Å². The maximum atomic E-state index is 12.1. The van der Waals surface area contributed by atoms with Gasteiger partial charge < -0.3 is 10.1 Å². The van der Waals surface area contributed by atoms with Crippen LogP contribution in [0.15, 0.2) is 29.3 Å². The van der Waals surface area contributed by atoms with Gasteiger partial charge in [0.15, 0.2) is 0 Å². The summed E-state index contributed by atoms with van der Waals surface area (Å²) < 4.78 is 5.50. The van der Waals surface area contributed by atoms with E-state index in [2.05, 4.69) is 42.4 Å². The number of hydrogen-bond donors (Lipinski definition) is 1. The molecule has 1 amide bonds. The summed E-state index contributed by atoms with van der Waals surface area (Å²) in [6.07, 6.45) is 2.18. The van der Waals surface area contributed by atoms with E-state index < -0.39 is 0 Å². The van der Waals surface area contributed by atoms with Crippen molar-refractivity contribution in [3.63, 3.8) is 0 Å². The van der Waals surface area contributed by atoms with Crippen LogP contribution in [-0.2, 0) is 9.53 Å². The van der Waals surface area contributed by atoms with Gasteiger partial charge in [-0.15, -0.1) is 0 Å². The second-order valence-electron chi connectivity index (χ2n) is 6.79. The second-order valence-corrected chi connectivity index (χ2v) is 7.75. The number of nitriles is 1. The number of fused-ring (bicyclic) bond motifs is 1. The minimum absolute atomic E-state index is 0.0635. The van der Waals surface area contributed by atoms with Gasteiger partial charge in [-0.1, -0.05) is 31.7 Å². The summed E-state index contributed by atoms with van der Waals surface area (Å²) in [7, 11) is 0. The van der Waals surface area contributed by atoms with E-state index in [0.29, 0.717) is 23.1 Å². The number of thioether (sulfide) groups is 1. The van der Waals surface area contributed by atoms with Crippen LogP contribution in [0.5, 0.6) is 0 Å². The largest absolute Gasteiger partial charge is 0.376 e. The van der Waals surface area contributed by atoms with Crippen LogP contribution in [0.4, 0.5) is 0 Å². The Balaban J connectivity index is 1.67. The van der Waals surface area contributed by atoms with Gasteiger partial charge in [0.05, 0.1) is 22.9 Å². The van der Waals surface area contributed by atoms with Crippen molar-refractivity contribution in [2.75, 3.05) is 18.9 Å². The number of pyridine rings is 1. The van der Waals surface area contributed by atoms with E-state index in [1.165, 1.54) is 17.3 Å². The summed E-state index contributed by atoms with van der Waals surface area (Å²) in [5.41, 5.74) is 2.57. The number of ether oxygens (including phenoxy) is 1. The quantitative estimate of drug-likeness (QED) is 0.787. The second kappa shape index (κ2) is 8.52. The molecule has 1 atom stereocenters. The summed E-state index contributed by atoms with van der Waals surface area (Å²) in [6, 6.07) is 10.2. The van der Waals surface area contributed by atoms with Crippen LogP contribution in [0.2, 0.25) is 0 Å². The standard InChI is InChI=1S/C20H23N3O2S/c1-13(2)14-5-6-18-15(8-14)9-16(10-21)20(23-18)26-12-19(24)22-11-17-4-3-7-25-17/h5-6,8-9,13,17H,3-4,7,11-12H2,1-2H3,(H,22,24)/t17-/m1/s1. The molecular formula is C20H23N3O2S. The molecule has 1 aromatic heterocycles. The number of carbonyl (C=O) groups is 1. The molecule has 1 saturated heterocycles. The maximum absolute atomic E-state index is 12.1. The number of nitrogens with zero attached hydrogens (tertiary/aromatic N) is 2. The lowest BCUT2D eigenvalue weighted by Crippen LogP contribution is -2.32. The van der Waals surface area contributed by atoms with Crippen LogP contribution in [0.3, 0.4) is 0 Å². The molecule has 1 aromatic carbocycles. The number of nitrogens with one attached hydrogen (secondary N) is 1. The Hall–Kier alpha value is -2.10. The Labute approximate surface area is 158 Å². The van der Waals surface area contributed by atoms with Gasteiger partial charge in [-0.05, 0) is 42.5 Å². The lowest BCUT2D eigenvalue weighted by Gasteiger charge is -2.11. The number of carbonyl (C=O) groups excluding carboxylic acids is 1. The maximum Gasteiger partial charge on any atom is 0.230 e. The molecule has 2 aromatic rings. The predicted octanol–water partition coefficient (Wildman–Crippen LogP) is 3.62. The van der Waals surface area contributed by atoms with Gasteiger partial charge in [0.1, 0.15) is 11.1 Å². The molecule has 2 heterocycles. The Morgan fingerprint density at radius 3 is 3.00 bits per heavy atom. The Morgan fingerprint density at radius 2 is 2.31 bits per heavy atom. The molecule has 5 nitrogen and oxygen atoms in total. The Morgan fingerprint density at radius 1 is 1.46 bits per heavy atom. The lowest BCUT2D eigenvalue weighted by molar-refractivity contribution is -0.119. The molecule has 0 unspecified atom stereocenters. The van der Waals surface area contributed by atoms with Crippen molar-refractivity contribution in [1.82, 2.24) is 10.3 Å². The first-order chi connectivity index (χ1) is 12.6. The highest BCUT2D eigenvalue weighted by molar-refractivity contribution is 8.00. The smallest absolute Gasteiger partial charge is 0.230 e. The predicted molar refractivity (Wildman–Crippen MR) is 103 cm³/mol. The fraction of sp³-hybridized carbons (Fsp3) is 0.450. The first-order valence-electron chi connectivity index (χ1n) is 8.92. The van der Waals surface area contributed by atoms with Gasteiger partial charge >= 0.3 is 0 Å². The molecule has 0 aliphatic carbocycles. The van der Waals surface area contributed by atoms with Gasteiger partial charge in [-0.3, -0.25) is 4.79 Å². The van der Waals surface area contributed by atoms with Crippen molar-refractivity contribution in [3.05, 3.63) is 35.4 Å². The molecule has 6 heteroatoms. The third-order valence-electron chi connectivity index (χ3n) is 4.48. The summed E-state index contributed by atoms with van der Waals surface area (Å²) >= 11 is 1.30. The average molecular weight is 369 g/mol. The van der Waals surface area contributed by atoms with Gasteiger partial charge in [-0.25, -0.2) is 4.98 Å². The van der Waals surface area contributed by atoms with Crippen LogP contribution >= 0.6 is 11.8 Å². The minimum atomic E-state index is -0.0635. The molecule has 26 heavy (non-hydrogen) atoms. The van der Waals surface area contributed by atoms with Gasteiger partial charge in [0, 0.05) is 18.5 Å². The Bertz CT molecular complexity index is 839. The number of aromatic nitrogens is 1. The monoisotopic (exact) mass is 369 g/mol. The molecule has 3 rings (SSSR count). The summed E-state index contributed by atoms with van der Waals surface area (Å²) in [5.74, 6) is 0.599. The highest BCUT2D eigenvalue weighted by Gasteiger charge is 2.17. The zero-order valence-electron chi connectivity index (χ0n) is 15.1. The van der Waals surface area contributed by atoms with Crippen molar-refractivity contribution >= 4 is 28.6 Å². The summed E-state index contributed by atoms with van der Waals surface area (Å²) in [4.78, 5) is 16.6. The minimum Gasteiger partial charge on any atom is -0.376 e. The van der Waals surface area contributed by atoms with Crippen molar-refractivity contribution in [3.8, 4) is 6.07 Å². The third-order valence-corrected chi connectivity index (χ3v) is 5.47. The van der Waals surface area contributed by atoms with E-state index in [1.54, 1.807) is 0 Å². The van der Waals surface area contributed by atoms with E-state index in [0.717, 1.165) is 30.4 Å². The molecule has 0 spiro atoms. The Kier molecular flexibility index (Phi) is 6.12. The first kappa shape index (κ1) is 18.7. The van der Waals surface area contributed by atoms with Crippen molar-refractivity contribution in [2.24, 2.45) is 0 Å². The summed E-state index contributed by atoms with van der Waals surface area (Å²) in [6.45, 7) is 5.60.